The predicted molar refractivity (Wildman–Crippen MR) is 135 cm³/mol. The van der Waals surface area contributed by atoms with Gasteiger partial charge >= 0.3 is 12.1 Å². The molecule has 0 heterocycles. The van der Waals surface area contributed by atoms with Gasteiger partial charge in [0.2, 0.25) is 5.91 Å². The number of aliphatic carboxylic acids is 1. The number of fused-ring (bicyclic) bond motifs is 3. The van der Waals surface area contributed by atoms with Crippen molar-refractivity contribution in [2.75, 3.05) is 19.7 Å². The zero-order valence-corrected chi connectivity index (χ0v) is 21.0. The first-order chi connectivity index (χ1) is 16.6. The Morgan fingerprint density at radius 2 is 1.57 bits per heavy atom. The van der Waals surface area contributed by atoms with Crippen molar-refractivity contribution < 1.29 is 24.2 Å². The molecule has 2 amide bonds. The quantitative estimate of drug-likeness (QED) is 0.496. The average Bonchev–Trinajstić information content (AvgIpc) is 3.13. The number of alkyl carbamates (subject to hydrolysis) is 1. The molecule has 0 aromatic heterocycles. The first-order valence-electron chi connectivity index (χ1n) is 12.2. The van der Waals surface area contributed by atoms with Crippen molar-refractivity contribution in [3.8, 4) is 11.1 Å². The lowest BCUT2D eigenvalue weighted by atomic mass is 9.98. The maximum Gasteiger partial charge on any atom is 0.407 e. The zero-order chi connectivity index (χ0) is 25.6. The van der Waals surface area contributed by atoms with E-state index in [1.54, 1.807) is 4.90 Å². The number of carbonyl (C=O) groups excluding carboxylic acids is 2. The number of hydrogen-bond acceptors (Lipinski definition) is 4. The third-order valence-corrected chi connectivity index (χ3v) is 6.45. The van der Waals surface area contributed by atoms with E-state index in [4.69, 9.17) is 9.84 Å². The molecule has 3 rings (SSSR count). The third-order valence-electron chi connectivity index (χ3n) is 6.45. The number of hydrogen-bond donors (Lipinski definition) is 2. The number of carboxylic acid groups (broad SMARTS) is 1. The molecule has 0 bridgehead atoms. The molecule has 2 N–H and O–H groups in total. The summed E-state index contributed by atoms with van der Waals surface area (Å²) in [5.41, 5.74) is 4.25. The second-order valence-electron chi connectivity index (χ2n) is 10.2. The third kappa shape index (κ3) is 6.84. The van der Waals surface area contributed by atoms with Gasteiger partial charge in [-0.05, 0) is 55.4 Å². The van der Waals surface area contributed by atoms with E-state index in [0.717, 1.165) is 0 Å². The van der Waals surface area contributed by atoms with Crippen LogP contribution in [0.5, 0.6) is 0 Å². The minimum Gasteiger partial charge on any atom is -0.481 e. The van der Waals surface area contributed by atoms with Crippen LogP contribution in [-0.2, 0) is 14.3 Å². The van der Waals surface area contributed by atoms with Gasteiger partial charge in [0, 0.05) is 31.0 Å². The number of amides is 2. The minimum absolute atomic E-state index is 0.0115. The zero-order valence-electron chi connectivity index (χ0n) is 21.0. The van der Waals surface area contributed by atoms with Gasteiger partial charge in [0.1, 0.15) is 6.61 Å². The van der Waals surface area contributed by atoms with Crippen LogP contribution in [0.3, 0.4) is 0 Å². The van der Waals surface area contributed by atoms with E-state index in [-0.39, 0.29) is 37.3 Å². The van der Waals surface area contributed by atoms with Crippen LogP contribution in [0.4, 0.5) is 4.79 Å². The highest BCUT2D eigenvalue weighted by Gasteiger charge is 2.29. The highest BCUT2D eigenvalue weighted by molar-refractivity contribution is 5.79. The van der Waals surface area contributed by atoms with Gasteiger partial charge in [-0.2, -0.15) is 0 Å². The van der Waals surface area contributed by atoms with Gasteiger partial charge in [0.05, 0.1) is 6.42 Å². The number of carboxylic acids is 1. The summed E-state index contributed by atoms with van der Waals surface area (Å²) in [7, 11) is 0. The molecule has 1 aliphatic carbocycles. The fraction of sp³-hybridized carbons (Fsp3) is 0.464. The lowest BCUT2D eigenvalue weighted by Gasteiger charge is -2.35. The van der Waals surface area contributed by atoms with E-state index in [1.807, 2.05) is 52.0 Å². The van der Waals surface area contributed by atoms with E-state index in [2.05, 4.69) is 29.6 Å². The smallest absolute Gasteiger partial charge is 0.407 e. The summed E-state index contributed by atoms with van der Waals surface area (Å²) < 4.78 is 5.57. The molecular formula is C28H36N2O5. The van der Waals surface area contributed by atoms with Gasteiger partial charge in [-0.1, -0.05) is 55.5 Å². The topological polar surface area (TPSA) is 95.9 Å². The Balaban J connectivity index is 1.45. The van der Waals surface area contributed by atoms with Crippen LogP contribution >= 0.6 is 0 Å². The van der Waals surface area contributed by atoms with Crippen molar-refractivity contribution in [3.05, 3.63) is 59.7 Å². The minimum atomic E-state index is -0.923. The van der Waals surface area contributed by atoms with Gasteiger partial charge in [0.25, 0.3) is 0 Å². The molecule has 2 aromatic carbocycles. The second kappa shape index (κ2) is 11.4. The highest BCUT2D eigenvalue weighted by Crippen LogP contribution is 2.44. The summed E-state index contributed by atoms with van der Waals surface area (Å²) in [5, 5.41) is 11.8. The molecular weight excluding hydrogens is 444 g/mol. The maximum absolute atomic E-state index is 12.7. The van der Waals surface area contributed by atoms with Gasteiger partial charge in [-0.3, -0.25) is 9.59 Å². The van der Waals surface area contributed by atoms with Crippen LogP contribution in [-0.4, -0.2) is 53.2 Å². The molecule has 1 aliphatic rings. The Morgan fingerprint density at radius 3 is 2.11 bits per heavy atom. The molecule has 0 aliphatic heterocycles. The van der Waals surface area contributed by atoms with Crippen molar-refractivity contribution in [1.82, 2.24) is 10.2 Å². The Kier molecular flexibility index (Phi) is 8.54. The number of nitrogens with zero attached hydrogens (tertiary/aromatic N) is 1. The van der Waals surface area contributed by atoms with Crippen molar-refractivity contribution in [3.63, 3.8) is 0 Å². The van der Waals surface area contributed by atoms with E-state index < -0.39 is 17.6 Å². The Morgan fingerprint density at radius 1 is 1.00 bits per heavy atom. The molecule has 188 valence electrons. The Labute approximate surface area is 207 Å². The summed E-state index contributed by atoms with van der Waals surface area (Å²) in [6.07, 6.45) is 0.330. The first kappa shape index (κ1) is 26.3. The largest absolute Gasteiger partial charge is 0.481 e. The molecule has 0 saturated carbocycles. The van der Waals surface area contributed by atoms with Gasteiger partial charge in [-0.15, -0.1) is 0 Å². The molecule has 1 unspecified atom stereocenters. The number of rotatable bonds is 10. The van der Waals surface area contributed by atoms with Gasteiger partial charge in [0.15, 0.2) is 0 Å². The summed E-state index contributed by atoms with van der Waals surface area (Å²) >= 11 is 0. The van der Waals surface area contributed by atoms with Crippen molar-refractivity contribution >= 4 is 18.0 Å². The van der Waals surface area contributed by atoms with E-state index in [9.17, 15) is 14.4 Å². The number of benzene rings is 2. The van der Waals surface area contributed by atoms with E-state index >= 15 is 0 Å². The average molecular weight is 481 g/mol. The Bertz CT molecular complexity index is 1010. The molecule has 0 saturated heterocycles. The molecule has 1 atom stereocenters. The highest BCUT2D eigenvalue weighted by atomic mass is 16.5. The number of carbonyl (C=O) groups is 3. The predicted octanol–water partition coefficient (Wildman–Crippen LogP) is 5.04. The summed E-state index contributed by atoms with van der Waals surface area (Å²) in [6.45, 7) is 8.50. The van der Waals surface area contributed by atoms with Crippen LogP contribution in [0.25, 0.3) is 11.1 Å². The van der Waals surface area contributed by atoms with Gasteiger partial charge in [-0.25, -0.2) is 4.79 Å². The molecule has 0 radical (unpaired) electrons. The normalized spacial score (nSPS) is 13.5. The second-order valence-corrected chi connectivity index (χ2v) is 10.2. The lowest BCUT2D eigenvalue weighted by molar-refractivity contribution is -0.140. The molecule has 7 heteroatoms. The van der Waals surface area contributed by atoms with E-state index in [1.165, 1.54) is 22.3 Å². The fourth-order valence-electron chi connectivity index (χ4n) is 4.56. The van der Waals surface area contributed by atoms with E-state index in [0.29, 0.717) is 19.4 Å². The summed E-state index contributed by atoms with van der Waals surface area (Å²) in [4.78, 5) is 37.7. The first-order valence-corrected chi connectivity index (χ1v) is 12.2. The van der Waals surface area contributed by atoms with Crippen molar-refractivity contribution in [1.29, 1.82) is 0 Å². The van der Waals surface area contributed by atoms with Crippen LogP contribution < -0.4 is 5.32 Å². The van der Waals surface area contributed by atoms with Crippen molar-refractivity contribution in [2.45, 2.75) is 58.4 Å². The van der Waals surface area contributed by atoms with Crippen LogP contribution in [0.1, 0.15) is 64.0 Å². The van der Waals surface area contributed by atoms with Crippen LogP contribution in [0, 0.1) is 5.92 Å². The summed E-state index contributed by atoms with van der Waals surface area (Å²) in [6, 6.07) is 16.4. The standard InChI is InChI=1S/C28H36N2O5/c1-19(13-14-25(31)30(28(2,3)4)16-15-26(32)33)17-29-27(34)35-18-24-22-11-7-5-9-20(22)21-10-6-8-12-23(21)24/h5-12,19,24H,13-18H2,1-4H3,(H,29,34)(H,32,33). The SMILES string of the molecule is CC(CCC(=O)N(CCC(=O)O)C(C)(C)C)CNC(=O)OCC1c2ccccc2-c2ccccc21. The molecule has 7 nitrogen and oxygen atoms in total. The van der Waals surface area contributed by atoms with Crippen LogP contribution in [0.2, 0.25) is 0 Å². The summed E-state index contributed by atoms with van der Waals surface area (Å²) in [5.74, 6) is -0.919. The molecule has 0 spiro atoms. The lowest BCUT2D eigenvalue weighted by Crippen LogP contribution is -2.46. The van der Waals surface area contributed by atoms with Crippen molar-refractivity contribution in [2.24, 2.45) is 5.92 Å². The number of ether oxygens (including phenoxy) is 1. The molecule has 0 fully saturated rings. The molecule has 2 aromatic rings. The maximum atomic E-state index is 12.7. The number of nitrogens with one attached hydrogen (secondary N) is 1. The molecule has 35 heavy (non-hydrogen) atoms. The Hall–Kier alpha value is -3.35. The van der Waals surface area contributed by atoms with Gasteiger partial charge < -0.3 is 20.1 Å². The fourth-order valence-corrected chi connectivity index (χ4v) is 4.56. The van der Waals surface area contributed by atoms with Crippen LogP contribution in [0.15, 0.2) is 48.5 Å². The monoisotopic (exact) mass is 480 g/mol.